The van der Waals surface area contributed by atoms with Gasteiger partial charge in [0.2, 0.25) is 0 Å². The molecular weight excluding hydrogens is 719 g/mol. The second-order valence-corrected chi connectivity index (χ2v) is 18.6. The second kappa shape index (κ2) is 11.2. The molecule has 2 aliphatic carbocycles. The predicted octanol–water partition coefficient (Wildman–Crippen LogP) is 13.1. The van der Waals surface area contributed by atoms with Crippen molar-refractivity contribution in [2.45, 2.75) is 38.5 Å². The van der Waals surface area contributed by atoms with Gasteiger partial charge < -0.3 is 9.88 Å². The minimum absolute atomic E-state index is 0.0904. The number of benzene rings is 8. The first-order chi connectivity index (χ1) is 28.3. The standard InChI is InChI=1S/C54H38BN2S/c1-53(2)39-20-10-7-16-33(39)34-25-24-32(28-41(34)53)56-44-27-31-15-6-5-14-30(31)26-38(44)49-48-35-17-8-11-21-40(35)54(3,4)42(48)29-45-50(49)55-43-22-13-19-37-47-36-18-9-12-23-46(36)58-52(47)57(45)51(37)43/h5-29,56H,1-4H3. The Kier molecular flexibility index (Phi) is 6.31. The highest BCUT2D eigenvalue weighted by Gasteiger charge is 2.41. The molecule has 58 heavy (non-hydrogen) atoms. The van der Waals surface area contributed by atoms with Crippen LogP contribution >= 0.6 is 11.3 Å². The minimum atomic E-state index is -0.191. The Hall–Kier alpha value is -6.36. The van der Waals surface area contributed by atoms with E-state index in [-0.39, 0.29) is 10.8 Å². The van der Waals surface area contributed by atoms with Crippen molar-refractivity contribution in [1.29, 1.82) is 0 Å². The topological polar surface area (TPSA) is 17.0 Å². The van der Waals surface area contributed by atoms with Crippen molar-refractivity contribution in [2.75, 3.05) is 5.32 Å². The molecule has 2 aromatic heterocycles. The van der Waals surface area contributed by atoms with Crippen molar-refractivity contribution >= 4 is 82.9 Å². The first-order valence-corrected chi connectivity index (χ1v) is 21.2. The molecule has 3 heterocycles. The lowest BCUT2D eigenvalue weighted by molar-refractivity contribution is 0.660. The predicted molar refractivity (Wildman–Crippen MR) is 249 cm³/mol. The lowest BCUT2D eigenvalue weighted by Crippen LogP contribution is -2.38. The number of nitrogens with zero attached hydrogens (tertiary/aromatic N) is 1. The molecule has 0 saturated carbocycles. The molecule has 273 valence electrons. The number of nitrogens with one attached hydrogen (secondary N) is 1. The number of thiophene rings is 1. The molecule has 2 nitrogen and oxygen atoms in total. The third-order valence-electron chi connectivity index (χ3n) is 13.8. The Morgan fingerprint density at radius 3 is 2.05 bits per heavy atom. The summed E-state index contributed by atoms with van der Waals surface area (Å²) in [5.41, 5.74) is 20.4. The number of rotatable bonds is 3. The van der Waals surface area contributed by atoms with Gasteiger partial charge in [0, 0.05) is 59.8 Å². The summed E-state index contributed by atoms with van der Waals surface area (Å²) in [6, 6.07) is 57.0. The highest BCUT2D eigenvalue weighted by atomic mass is 32.1. The Morgan fingerprint density at radius 1 is 0.534 bits per heavy atom. The molecule has 4 heteroatoms. The van der Waals surface area contributed by atoms with E-state index in [0.29, 0.717) is 0 Å². The summed E-state index contributed by atoms with van der Waals surface area (Å²) < 4.78 is 3.94. The van der Waals surface area contributed by atoms with Gasteiger partial charge in [-0.2, -0.15) is 0 Å². The van der Waals surface area contributed by atoms with Crippen LogP contribution in [-0.4, -0.2) is 11.8 Å². The molecule has 0 amide bonds. The van der Waals surface area contributed by atoms with E-state index in [1.807, 2.05) is 11.3 Å². The second-order valence-electron chi connectivity index (χ2n) is 17.6. The van der Waals surface area contributed by atoms with E-state index in [9.17, 15) is 0 Å². The van der Waals surface area contributed by atoms with Crippen molar-refractivity contribution in [3.05, 3.63) is 174 Å². The molecule has 10 aromatic rings. The average Bonchev–Trinajstić information content (AvgIpc) is 3.92. The molecule has 13 rings (SSSR count). The number of hydrogen-bond donors (Lipinski definition) is 1. The fraction of sp³-hybridized carbons (Fsp3) is 0.111. The van der Waals surface area contributed by atoms with Gasteiger partial charge in [-0.1, -0.05) is 148 Å². The first-order valence-electron chi connectivity index (χ1n) is 20.4. The fourth-order valence-corrected chi connectivity index (χ4v) is 12.3. The molecule has 0 bridgehead atoms. The van der Waals surface area contributed by atoms with Gasteiger partial charge in [0.25, 0.3) is 0 Å². The molecule has 1 N–H and O–H groups in total. The molecule has 8 aromatic carbocycles. The molecule has 0 spiro atoms. The summed E-state index contributed by atoms with van der Waals surface area (Å²) in [6.45, 7) is 9.55. The highest BCUT2D eigenvalue weighted by molar-refractivity contribution is 7.25. The van der Waals surface area contributed by atoms with Crippen LogP contribution in [0.25, 0.3) is 81.0 Å². The smallest absolute Gasteiger partial charge is 0.197 e. The van der Waals surface area contributed by atoms with E-state index in [2.05, 4.69) is 197 Å². The summed E-state index contributed by atoms with van der Waals surface area (Å²) in [4.78, 5) is 1.32. The molecule has 3 aliphatic rings. The molecule has 0 fully saturated rings. The van der Waals surface area contributed by atoms with Crippen LogP contribution in [0, 0.1) is 0 Å². The van der Waals surface area contributed by atoms with Gasteiger partial charge in [-0.3, -0.25) is 0 Å². The zero-order valence-electron chi connectivity index (χ0n) is 32.9. The van der Waals surface area contributed by atoms with Crippen LogP contribution in [0.1, 0.15) is 49.9 Å². The van der Waals surface area contributed by atoms with E-state index in [1.165, 1.54) is 114 Å². The van der Waals surface area contributed by atoms with Crippen molar-refractivity contribution < 1.29 is 0 Å². The van der Waals surface area contributed by atoms with Crippen molar-refractivity contribution in [3.8, 4) is 39.1 Å². The highest BCUT2D eigenvalue weighted by Crippen LogP contribution is 2.55. The summed E-state index contributed by atoms with van der Waals surface area (Å²) in [6.07, 6.45) is 0. The van der Waals surface area contributed by atoms with Crippen molar-refractivity contribution in [3.63, 3.8) is 0 Å². The maximum atomic E-state index is 4.06. The van der Waals surface area contributed by atoms with Gasteiger partial charge in [0.1, 0.15) is 4.83 Å². The number of aromatic nitrogens is 1. The van der Waals surface area contributed by atoms with Crippen LogP contribution < -0.4 is 16.2 Å². The van der Waals surface area contributed by atoms with Gasteiger partial charge in [-0.05, 0) is 103 Å². The Balaban J connectivity index is 1.12. The van der Waals surface area contributed by atoms with E-state index < -0.39 is 0 Å². The van der Waals surface area contributed by atoms with Gasteiger partial charge in [-0.25, -0.2) is 0 Å². The number of para-hydroxylation sites is 1. The lowest BCUT2D eigenvalue weighted by atomic mass is 9.58. The van der Waals surface area contributed by atoms with Gasteiger partial charge in [-0.15, -0.1) is 11.3 Å². The van der Waals surface area contributed by atoms with Crippen LogP contribution in [0.5, 0.6) is 0 Å². The summed E-state index contributed by atoms with van der Waals surface area (Å²) >= 11 is 1.92. The number of fused-ring (bicyclic) bond motifs is 14. The maximum Gasteiger partial charge on any atom is 0.197 e. The minimum Gasteiger partial charge on any atom is -0.355 e. The molecule has 1 radical (unpaired) electrons. The summed E-state index contributed by atoms with van der Waals surface area (Å²) in [7, 11) is 2.49. The van der Waals surface area contributed by atoms with E-state index >= 15 is 0 Å². The number of hydrogen-bond acceptors (Lipinski definition) is 2. The van der Waals surface area contributed by atoms with Crippen LogP contribution in [0.3, 0.4) is 0 Å². The average molecular weight is 758 g/mol. The van der Waals surface area contributed by atoms with Crippen molar-refractivity contribution in [2.24, 2.45) is 0 Å². The van der Waals surface area contributed by atoms with Crippen LogP contribution in [0.2, 0.25) is 0 Å². The van der Waals surface area contributed by atoms with E-state index in [4.69, 9.17) is 0 Å². The van der Waals surface area contributed by atoms with Crippen LogP contribution in [0.4, 0.5) is 11.4 Å². The lowest BCUT2D eigenvalue weighted by Gasteiger charge is -2.29. The quantitative estimate of drug-likeness (QED) is 0.178. The summed E-state index contributed by atoms with van der Waals surface area (Å²) in [5, 5.41) is 10.5. The molecule has 0 atom stereocenters. The molecule has 1 aliphatic heterocycles. The van der Waals surface area contributed by atoms with Crippen LogP contribution in [-0.2, 0) is 10.8 Å². The third-order valence-corrected chi connectivity index (χ3v) is 14.9. The maximum absolute atomic E-state index is 4.06. The van der Waals surface area contributed by atoms with E-state index in [1.54, 1.807) is 0 Å². The van der Waals surface area contributed by atoms with E-state index in [0.717, 1.165) is 11.4 Å². The monoisotopic (exact) mass is 757 g/mol. The van der Waals surface area contributed by atoms with Crippen LogP contribution in [0.15, 0.2) is 152 Å². The van der Waals surface area contributed by atoms with Gasteiger partial charge in [0.15, 0.2) is 7.28 Å². The summed E-state index contributed by atoms with van der Waals surface area (Å²) in [5.74, 6) is 0. The molecular formula is C54H38BN2S. The largest absolute Gasteiger partial charge is 0.355 e. The first kappa shape index (κ1) is 32.7. The zero-order chi connectivity index (χ0) is 38.7. The normalized spacial score (nSPS) is 15.0. The van der Waals surface area contributed by atoms with Gasteiger partial charge in [0.05, 0.1) is 0 Å². The number of anilines is 2. The SMILES string of the molecule is CC1(C)c2ccccc2-c2ccc(Nc3cc4ccccc4cc3-c3c4c(cc5c3-c3ccccc3C5(C)C)-n3c5sc6ccccc6c5c5cccc(c53)[B]4)cc21. The zero-order valence-corrected chi connectivity index (χ0v) is 33.7. The van der Waals surface area contributed by atoms with Crippen molar-refractivity contribution in [1.82, 2.24) is 4.57 Å². The Morgan fingerprint density at radius 2 is 1.21 bits per heavy atom. The molecule has 0 saturated heterocycles. The van der Waals surface area contributed by atoms with Gasteiger partial charge >= 0.3 is 0 Å². The molecule has 0 unspecified atom stereocenters. The fourth-order valence-electron chi connectivity index (χ4n) is 11.0. The third kappa shape index (κ3) is 4.13. The Labute approximate surface area is 342 Å². The Bertz CT molecular complexity index is 3470.